The fourth-order valence-electron chi connectivity index (χ4n) is 5.09. The number of pyridine rings is 1. The molecule has 0 radical (unpaired) electrons. The molecule has 3 aromatic rings. The van der Waals surface area contributed by atoms with Crippen LogP contribution in [0, 0.1) is 11.8 Å². The van der Waals surface area contributed by atoms with Crippen LogP contribution in [-0.4, -0.2) is 52.2 Å². The van der Waals surface area contributed by atoms with Crippen LogP contribution in [0.15, 0.2) is 67.0 Å². The predicted octanol–water partition coefficient (Wildman–Crippen LogP) is 4.24. The van der Waals surface area contributed by atoms with E-state index in [-0.39, 0.29) is 5.92 Å². The smallest absolute Gasteiger partial charge is 0.225 e. The van der Waals surface area contributed by atoms with Gasteiger partial charge in [-0.2, -0.15) is 0 Å². The highest BCUT2D eigenvalue weighted by atomic mass is 16.2. The number of rotatable bonds is 5. The zero-order valence-corrected chi connectivity index (χ0v) is 19.0. The summed E-state index contributed by atoms with van der Waals surface area (Å²) in [6, 6.07) is 18.6. The molecule has 0 unspecified atom stereocenters. The summed E-state index contributed by atoms with van der Waals surface area (Å²) >= 11 is 0. The van der Waals surface area contributed by atoms with Crippen LogP contribution in [0.1, 0.15) is 31.2 Å². The van der Waals surface area contributed by atoms with E-state index in [2.05, 4.69) is 55.3 Å². The molecule has 0 aliphatic carbocycles. The Labute approximate surface area is 195 Å². The van der Waals surface area contributed by atoms with Crippen LogP contribution in [0.3, 0.4) is 0 Å². The molecule has 33 heavy (non-hydrogen) atoms. The van der Waals surface area contributed by atoms with E-state index in [1.807, 2.05) is 24.3 Å². The zero-order valence-electron chi connectivity index (χ0n) is 19.0. The Morgan fingerprint density at radius 2 is 1.55 bits per heavy atom. The number of hydrogen-bond acceptors (Lipinski definition) is 5. The molecule has 1 amide bonds. The minimum atomic E-state index is 0.135. The first-order valence-electron chi connectivity index (χ1n) is 12.1. The van der Waals surface area contributed by atoms with Gasteiger partial charge in [0.1, 0.15) is 0 Å². The summed E-state index contributed by atoms with van der Waals surface area (Å²) in [4.78, 5) is 21.6. The van der Waals surface area contributed by atoms with Gasteiger partial charge in [-0.25, -0.2) is 0 Å². The number of nitrogens with zero attached hydrogens (tertiary/aromatic N) is 5. The molecule has 6 nitrogen and oxygen atoms in total. The van der Waals surface area contributed by atoms with Gasteiger partial charge in [0.25, 0.3) is 0 Å². The number of anilines is 1. The van der Waals surface area contributed by atoms with Gasteiger partial charge in [0.2, 0.25) is 5.91 Å². The third-order valence-corrected chi connectivity index (χ3v) is 7.09. The maximum atomic E-state index is 13.1. The molecule has 0 spiro atoms. The first kappa shape index (κ1) is 21.6. The Balaban J connectivity index is 1.10. The lowest BCUT2D eigenvalue weighted by Crippen LogP contribution is -2.45. The lowest BCUT2D eigenvalue weighted by atomic mass is 9.88. The molecule has 170 valence electrons. The van der Waals surface area contributed by atoms with Crippen molar-refractivity contribution in [3.8, 4) is 11.3 Å². The fraction of sp³-hybridized carbons (Fsp3) is 0.407. The first-order chi connectivity index (χ1) is 16.3. The van der Waals surface area contributed by atoms with Crippen molar-refractivity contribution < 1.29 is 4.79 Å². The summed E-state index contributed by atoms with van der Waals surface area (Å²) in [5, 5.41) is 8.84. The number of carbonyl (C=O) groups excluding carboxylic acids is 1. The molecule has 0 N–H and O–H groups in total. The third kappa shape index (κ3) is 5.21. The van der Waals surface area contributed by atoms with Gasteiger partial charge in [-0.3, -0.25) is 9.78 Å². The minimum absolute atomic E-state index is 0.135. The fourth-order valence-corrected chi connectivity index (χ4v) is 5.09. The van der Waals surface area contributed by atoms with Gasteiger partial charge in [0.15, 0.2) is 5.82 Å². The van der Waals surface area contributed by atoms with E-state index < -0.39 is 0 Å². The lowest BCUT2D eigenvalue weighted by Gasteiger charge is -2.37. The van der Waals surface area contributed by atoms with Gasteiger partial charge in [-0.15, -0.1) is 10.2 Å². The number of piperidine rings is 2. The van der Waals surface area contributed by atoms with E-state index in [0.717, 1.165) is 75.4 Å². The molecule has 2 aliphatic heterocycles. The highest BCUT2D eigenvalue weighted by molar-refractivity contribution is 5.79. The molecule has 5 rings (SSSR count). The Morgan fingerprint density at radius 1 is 0.818 bits per heavy atom. The van der Waals surface area contributed by atoms with Crippen molar-refractivity contribution in [2.24, 2.45) is 11.8 Å². The molecular formula is C27H31N5O. The Kier molecular flexibility index (Phi) is 6.61. The molecule has 0 atom stereocenters. The van der Waals surface area contributed by atoms with Crippen molar-refractivity contribution in [1.29, 1.82) is 0 Å². The SMILES string of the molecule is O=C(C1CCN(c2ccc(-c3ccncc3)nn2)CC1)N1CCC(Cc2ccccc2)CC1. The maximum Gasteiger partial charge on any atom is 0.225 e. The van der Waals surface area contributed by atoms with E-state index in [1.165, 1.54) is 5.56 Å². The van der Waals surface area contributed by atoms with Crippen molar-refractivity contribution in [2.75, 3.05) is 31.1 Å². The maximum absolute atomic E-state index is 13.1. The van der Waals surface area contributed by atoms with Crippen LogP contribution in [-0.2, 0) is 11.2 Å². The molecule has 2 aliphatic rings. The highest BCUT2D eigenvalue weighted by Crippen LogP contribution is 2.27. The minimum Gasteiger partial charge on any atom is -0.355 e. The second-order valence-electron chi connectivity index (χ2n) is 9.23. The summed E-state index contributed by atoms with van der Waals surface area (Å²) in [7, 11) is 0. The van der Waals surface area contributed by atoms with Crippen LogP contribution in [0.2, 0.25) is 0 Å². The van der Waals surface area contributed by atoms with E-state index >= 15 is 0 Å². The van der Waals surface area contributed by atoms with Gasteiger partial charge in [0, 0.05) is 50.1 Å². The van der Waals surface area contributed by atoms with Gasteiger partial charge in [-0.1, -0.05) is 30.3 Å². The topological polar surface area (TPSA) is 62.2 Å². The molecule has 1 aromatic carbocycles. The van der Waals surface area contributed by atoms with Crippen LogP contribution in [0.5, 0.6) is 0 Å². The average Bonchev–Trinajstić information content (AvgIpc) is 2.90. The molecule has 0 bridgehead atoms. The molecular weight excluding hydrogens is 410 g/mol. The monoisotopic (exact) mass is 441 g/mol. The molecule has 0 saturated carbocycles. The normalized spacial score (nSPS) is 17.8. The third-order valence-electron chi connectivity index (χ3n) is 7.09. The molecule has 2 saturated heterocycles. The quantitative estimate of drug-likeness (QED) is 0.593. The molecule has 4 heterocycles. The summed E-state index contributed by atoms with van der Waals surface area (Å²) in [5.41, 5.74) is 3.27. The lowest BCUT2D eigenvalue weighted by molar-refractivity contribution is -0.137. The zero-order chi connectivity index (χ0) is 22.5. The van der Waals surface area contributed by atoms with Crippen molar-refractivity contribution in [3.63, 3.8) is 0 Å². The van der Waals surface area contributed by atoms with E-state index in [4.69, 9.17) is 0 Å². The summed E-state index contributed by atoms with van der Waals surface area (Å²) in [5.74, 6) is 2.07. The van der Waals surface area contributed by atoms with Crippen molar-refractivity contribution in [2.45, 2.75) is 32.1 Å². The van der Waals surface area contributed by atoms with Crippen molar-refractivity contribution in [3.05, 3.63) is 72.6 Å². The summed E-state index contributed by atoms with van der Waals surface area (Å²) in [6.07, 6.45) is 8.64. The van der Waals surface area contributed by atoms with Crippen LogP contribution < -0.4 is 4.90 Å². The van der Waals surface area contributed by atoms with Crippen LogP contribution >= 0.6 is 0 Å². The first-order valence-corrected chi connectivity index (χ1v) is 12.1. The van der Waals surface area contributed by atoms with Gasteiger partial charge in [0.05, 0.1) is 5.69 Å². The van der Waals surface area contributed by atoms with Crippen LogP contribution in [0.4, 0.5) is 5.82 Å². The number of aromatic nitrogens is 3. The van der Waals surface area contributed by atoms with Crippen molar-refractivity contribution in [1.82, 2.24) is 20.1 Å². The van der Waals surface area contributed by atoms with E-state index in [1.54, 1.807) is 12.4 Å². The standard InChI is InChI=1S/C27H31N5O/c33-27(32-16-10-22(11-17-32)20-21-4-2-1-3-5-21)24-12-18-31(19-13-24)26-7-6-25(29-30-26)23-8-14-28-15-9-23/h1-9,14-15,22,24H,10-13,16-20H2. The molecule has 2 fully saturated rings. The number of benzene rings is 1. The van der Waals surface area contributed by atoms with Gasteiger partial charge >= 0.3 is 0 Å². The number of hydrogen-bond donors (Lipinski definition) is 0. The Morgan fingerprint density at radius 3 is 2.21 bits per heavy atom. The number of likely N-dealkylation sites (tertiary alicyclic amines) is 1. The second-order valence-corrected chi connectivity index (χ2v) is 9.23. The number of carbonyl (C=O) groups is 1. The Hall–Kier alpha value is -3.28. The summed E-state index contributed by atoms with van der Waals surface area (Å²) < 4.78 is 0. The van der Waals surface area contributed by atoms with Gasteiger partial charge < -0.3 is 9.80 Å². The Bertz CT molecular complexity index is 1030. The van der Waals surface area contributed by atoms with E-state index in [9.17, 15) is 4.79 Å². The van der Waals surface area contributed by atoms with E-state index in [0.29, 0.717) is 11.8 Å². The van der Waals surface area contributed by atoms with Crippen LogP contribution in [0.25, 0.3) is 11.3 Å². The largest absolute Gasteiger partial charge is 0.355 e. The molecule has 2 aromatic heterocycles. The second kappa shape index (κ2) is 10.1. The highest BCUT2D eigenvalue weighted by Gasteiger charge is 2.31. The molecule has 6 heteroatoms. The predicted molar refractivity (Wildman–Crippen MR) is 130 cm³/mol. The van der Waals surface area contributed by atoms with Crippen molar-refractivity contribution >= 4 is 11.7 Å². The summed E-state index contributed by atoms with van der Waals surface area (Å²) in [6.45, 7) is 3.51. The average molecular weight is 442 g/mol. The number of amides is 1. The van der Waals surface area contributed by atoms with Gasteiger partial charge in [-0.05, 0) is 67.9 Å².